The normalized spacial score (nSPS) is 12.7. The summed E-state index contributed by atoms with van der Waals surface area (Å²) in [6.07, 6.45) is -4.95. The molecule has 4 aromatic carbocycles. The summed E-state index contributed by atoms with van der Waals surface area (Å²) in [7, 11) is 2.38. The number of nitrogens with zero attached hydrogens (tertiary/aromatic N) is 2. The first-order valence-corrected chi connectivity index (χ1v) is 17.3. The van der Waals surface area contributed by atoms with Crippen molar-refractivity contribution in [3.8, 4) is 17.2 Å². The molecule has 0 fully saturated rings. The highest BCUT2D eigenvalue weighted by Crippen LogP contribution is 2.39. The van der Waals surface area contributed by atoms with E-state index in [0.29, 0.717) is 47.4 Å². The molecular formula is C35H39F3N2O5S2. The summed E-state index contributed by atoms with van der Waals surface area (Å²) < 4.78 is 89.4. The Hall–Kier alpha value is -3.71. The molecule has 0 aromatic heterocycles. The standard InChI is InChI=1S/C35H39F3N2O5S2/c1-39(2)21-20-30(25-46-31-8-6-5-7-9-31)45-34-19-18-32(22-33(34)35(36,37)38)47(41,42)40(23-26-10-14-28(43-3)15-11-26)24-27-12-16-29(44-4)17-13-27/h5-19,22,30H,20-21,23-25H2,1-4H3/t30-/m1/s1. The highest BCUT2D eigenvalue weighted by molar-refractivity contribution is 7.99. The van der Waals surface area contributed by atoms with Gasteiger partial charge >= 0.3 is 6.18 Å². The van der Waals surface area contributed by atoms with Crippen LogP contribution in [0.5, 0.6) is 17.2 Å². The maximum absolute atomic E-state index is 14.5. The zero-order valence-electron chi connectivity index (χ0n) is 26.7. The van der Waals surface area contributed by atoms with Crippen LogP contribution in [0.2, 0.25) is 0 Å². The van der Waals surface area contributed by atoms with Gasteiger partial charge in [-0.1, -0.05) is 42.5 Å². The first-order chi connectivity index (χ1) is 22.4. The van der Waals surface area contributed by atoms with Crippen molar-refractivity contribution < 1.29 is 35.8 Å². The molecule has 0 amide bonds. The molecule has 0 saturated carbocycles. The maximum Gasteiger partial charge on any atom is 0.420 e. The van der Waals surface area contributed by atoms with Gasteiger partial charge in [0.25, 0.3) is 0 Å². The van der Waals surface area contributed by atoms with Gasteiger partial charge in [-0.05, 0) is 86.2 Å². The molecule has 0 aliphatic carbocycles. The molecule has 4 rings (SSSR count). The highest BCUT2D eigenvalue weighted by atomic mass is 32.2. The van der Waals surface area contributed by atoms with Crippen molar-refractivity contribution >= 4 is 21.8 Å². The third kappa shape index (κ3) is 10.4. The van der Waals surface area contributed by atoms with E-state index < -0.39 is 38.5 Å². The molecule has 0 bridgehead atoms. The molecule has 0 aliphatic heterocycles. The maximum atomic E-state index is 14.5. The number of alkyl halides is 3. The average molecular weight is 689 g/mol. The van der Waals surface area contributed by atoms with Crippen LogP contribution in [-0.4, -0.2) is 64.3 Å². The molecule has 0 heterocycles. The molecule has 1 atom stereocenters. The molecule has 12 heteroatoms. The molecule has 0 radical (unpaired) electrons. The summed E-state index contributed by atoms with van der Waals surface area (Å²) in [6, 6.07) is 26.2. The third-order valence-corrected chi connectivity index (χ3v) is 10.2. The SMILES string of the molecule is COc1ccc(CN(Cc2ccc(OC)cc2)S(=O)(=O)c2ccc(O[C@H](CCN(C)C)CSc3ccccc3)c(C(F)(F)F)c2)cc1. The summed E-state index contributed by atoms with van der Waals surface area (Å²) in [4.78, 5) is 2.42. The summed E-state index contributed by atoms with van der Waals surface area (Å²) in [5.41, 5.74) is 0.129. The lowest BCUT2D eigenvalue weighted by atomic mass is 10.2. The lowest BCUT2D eigenvalue weighted by molar-refractivity contribution is -0.139. The molecule has 252 valence electrons. The van der Waals surface area contributed by atoms with E-state index in [2.05, 4.69) is 0 Å². The van der Waals surface area contributed by atoms with Gasteiger partial charge in [0.2, 0.25) is 10.0 Å². The van der Waals surface area contributed by atoms with Crippen molar-refractivity contribution in [2.24, 2.45) is 0 Å². The number of rotatable bonds is 16. The minimum atomic E-state index is -4.86. The van der Waals surface area contributed by atoms with Crippen LogP contribution in [0.4, 0.5) is 13.2 Å². The molecule has 47 heavy (non-hydrogen) atoms. The smallest absolute Gasteiger partial charge is 0.420 e. The Morgan fingerprint density at radius 2 is 1.34 bits per heavy atom. The number of benzene rings is 4. The molecule has 7 nitrogen and oxygen atoms in total. The Morgan fingerprint density at radius 1 is 0.787 bits per heavy atom. The van der Waals surface area contributed by atoms with E-state index in [0.717, 1.165) is 15.3 Å². The third-order valence-electron chi connectivity index (χ3n) is 7.30. The fraction of sp³-hybridized carbons (Fsp3) is 0.314. The number of sulfonamides is 1. The van der Waals surface area contributed by atoms with Crippen molar-refractivity contribution in [3.63, 3.8) is 0 Å². The van der Waals surface area contributed by atoms with Gasteiger partial charge in [0, 0.05) is 30.3 Å². The number of ether oxygens (including phenoxy) is 3. The van der Waals surface area contributed by atoms with Gasteiger partial charge in [0.1, 0.15) is 23.4 Å². The number of thioether (sulfide) groups is 1. The van der Waals surface area contributed by atoms with E-state index in [9.17, 15) is 21.6 Å². The van der Waals surface area contributed by atoms with Crippen molar-refractivity contribution in [2.75, 3.05) is 40.6 Å². The van der Waals surface area contributed by atoms with Crippen LogP contribution < -0.4 is 14.2 Å². The molecule has 0 N–H and O–H groups in total. The van der Waals surface area contributed by atoms with E-state index in [4.69, 9.17) is 14.2 Å². The lowest BCUT2D eigenvalue weighted by Crippen LogP contribution is -2.31. The molecule has 0 aliphatic rings. The van der Waals surface area contributed by atoms with E-state index in [1.165, 1.54) is 32.0 Å². The van der Waals surface area contributed by atoms with Crippen LogP contribution in [0, 0.1) is 0 Å². The molecule has 0 unspecified atom stereocenters. The van der Waals surface area contributed by atoms with E-state index in [1.807, 2.05) is 49.3 Å². The minimum Gasteiger partial charge on any atom is -0.497 e. The Bertz CT molecular complexity index is 1620. The molecule has 0 saturated heterocycles. The van der Waals surface area contributed by atoms with Crippen LogP contribution in [0.25, 0.3) is 0 Å². The van der Waals surface area contributed by atoms with Crippen LogP contribution in [-0.2, 0) is 29.3 Å². The molecule has 4 aromatic rings. The van der Waals surface area contributed by atoms with Crippen molar-refractivity contribution in [1.82, 2.24) is 9.21 Å². The van der Waals surface area contributed by atoms with E-state index in [1.54, 1.807) is 48.5 Å². The molecule has 0 spiro atoms. The Morgan fingerprint density at radius 3 is 1.83 bits per heavy atom. The Kier molecular flexibility index (Phi) is 12.6. The summed E-state index contributed by atoms with van der Waals surface area (Å²) >= 11 is 1.49. The highest BCUT2D eigenvalue weighted by Gasteiger charge is 2.37. The van der Waals surface area contributed by atoms with Gasteiger partial charge in [-0.3, -0.25) is 0 Å². The Balaban J connectivity index is 1.67. The fourth-order valence-electron chi connectivity index (χ4n) is 4.70. The summed E-state index contributed by atoms with van der Waals surface area (Å²) in [5.74, 6) is 1.18. The first-order valence-electron chi connectivity index (χ1n) is 14.9. The lowest BCUT2D eigenvalue weighted by Gasteiger charge is -2.25. The monoisotopic (exact) mass is 688 g/mol. The largest absolute Gasteiger partial charge is 0.497 e. The predicted molar refractivity (Wildman–Crippen MR) is 179 cm³/mol. The second-order valence-corrected chi connectivity index (χ2v) is 14.1. The Labute approximate surface area is 279 Å². The van der Waals surface area contributed by atoms with Crippen molar-refractivity contribution in [2.45, 2.75) is 41.6 Å². The number of hydrogen-bond donors (Lipinski definition) is 0. The second kappa shape index (κ2) is 16.4. The van der Waals surface area contributed by atoms with E-state index >= 15 is 0 Å². The van der Waals surface area contributed by atoms with Crippen LogP contribution in [0.1, 0.15) is 23.1 Å². The first kappa shape index (κ1) is 36.1. The minimum absolute atomic E-state index is 0.0821. The van der Waals surface area contributed by atoms with Gasteiger partial charge in [-0.25, -0.2) is 8.42 Å². The van der Waals surface area contributed by atoms with E-state index in [-0.39, 0.29) is 13.1 Å². The van der Waals surface area contributed by atoms with Crippen molar-refractivity contribution in [3.05, 3.63) is 114 Å². The topological polar surface area (TPSA) is 68.3 Å². The van der Waals surface area contributed by atoms with Gasteiger partial charge in [-0.2, -0.15) is 17.5 Å². The van der Waals surface area contributed by atoms with Gasteiger partial charge < -0.3 is 19.1 Å². The van der Waals surface area contributed by atoms with Crippen LogP contribution >= 0.6 is 11.8 Å². The number of methoxy groups -OCH3 is 2. The quantitative estimate of drug-likeness (QED) is 0.112. The fourth-order valence-corrected chi connectivity index (χ4v) is 7.11. The predicted octanol–water partition coefficient (Wildman–Crippen LogP) is 7.61. The van der Waals surface area contributed by atoms with Crippen LogP contribution in [0.3, 0.4) is 0 Å². The second-order valence-electron chi connectivity index (χ2n) is 11.1. The zero-order valence-corrected chi connectivity index (χ0v) is 28.4. The molecular weight excluding hydrogens is 650 g/mol. The summed E-state index contributed by atoms with van der Waals surface area (Å²) in [5, 5.41) is 0. The number of hydrogen-bond acceptors (Lipinski definition) is 7. The van der Waals surface area contributed by atoms with Gasteiger partial charge in [0.05, 0.1) is 24.7 Å². The van der Waals surface area contributed by atoms with Gasteiger partial charge in [-0.15, -0.1) is 11.8 Å². The average Bonchev–Trinajstić information content (AvgIpc) is 3.06. The summed E-state index contributed by atoms with van der Waals surface area (Å²) in [6.45, 7) is 0.433. The zero-order chi connectivity index (χ0) is 34.0. The van der Waals surface area contributed by atoms with Crippen molar-refractivity contribution in [1.29, 1.82) is 0 Å². The number of halogens is 3. The van der Waals surface area contributed by atoms with Crippen LogP contribution in [0.15, 0.2) is 107 Å². The van der Waals surface area contributed by atoms with Gasteiger partial charge in [0.15, 0.2) is 0 Å².